The molecule has 10 N–H and O–H groups in total. The zero-order valence-corrected chi connectivity index (χ0v) is 68.0. The maximum absolute atomic E-state index is 13.2. The van der Waals surface area contributed by atoms with E-state index in [1.54, 1.807) is 60.6 Å². The van der Waals surface area contributed by atoms with E-state index in [2.05, 4.69) is 31.2 Å². The first-order chi connectivity index (χ1) is 55.7. The first kappa shape index (κ1) is 95.8. The van der Waals surface area contributed by atoms with Crippen LogP contribution in [-0.4, -0.2) is 303 Å². The fourth-order valence-corrected chi connectivity index (χ4v) is 14.2. The van der Waals surface area contributed by atoms with Crippen LogP contribution in [0, 0.1) is 0 Å². The number of nitrogens with zero attached hydrogens (tertiary/aromatic N) is 11. The lowest BCUT2D eigenvalue weighted by atomic mass is 10.0. The van der Waals surface area contributed by atoms with E-state index in [0.717, 1.165) is 11.1 Å². The Balaban J connectivity index is 1.29. The number of hydrogen-bond donors (Lipinski definition) is 10. The van der Waals surface area contributed by atoms with Gasteiger partial charge in [-0.25, -0.2) is 0 Å². The lowest BCUT2D eigenvalue weighted by molar-refractivity contribution is -0.147. The Kier molecular flexibility index (Phi) is 40.3. The normalized spacial score (nSPS) is 16.1. The Bertz CT molecular complexity index is 3770. The second kappa shape index (κ2) is 49.2. The molecular formula is C79H115N15O23. The molecule has 0 aliphatic carbocycles. The van der Waals surface area contributed by atoms with Crippen LogP contribution >= 0.6 is 0 Å². The second-order valence-electron chi connectivity index (χ2n) is 29.7. The zero-order chi connectivity index (χ0) is 85.8. The summed E-state index contributed by atoms with van der Waals surface area (Å²) in [5.41, 5.74) is 1.84. The van der Waals surface area contributed by atoms with Gasteiger partial charge in [-0.1, -0.05) is 0 Å². The summed E-state index contributed by atoms with van der Waals surface area (Å²) in [6, 6.07) is -0.103. The molecule has 38 nitrogen and oxygen atoms in total. The summed E-state index contributed by atoms with van der Waals surface area (Å²) in [6.07, 6.45) is 0.728. The number of carbonyl (C=O) groups is 12. The van der Waals surface area contributed by atoms with Crippen molar-refractivity contribution >= 4 is 94.0 Å². The van der Waals surface area contributed by atoms with E-state index in [1.807, 2.05) is 0 Å². The van der Waals surface area contributed by atoms with E-state index < -0.39 is 82.9 Å². The fraction of sp³-hybridized carbons (Fsp3) is 0.633. The topological polar surface area (TPSA) is 520 Å². The van der Waals surface area contributed by atoms with Crippen LogP contribution in [0.3, 0.4) is 0 Å². The largest absolute Gasteiger partial charge is 0.488 e. The second-order valence-corrected chi connectivity index (χ2v) is 29.7. The molecule has 0 amide bonds. The van der Waals surface area contributed by atoms with Gasteiger partial charge < -0.3 is 94.9 Å². The third kappa shape index (κ3) is 33.1. The minimum atomic E-state index is -1.23. The number of aryl methyl sites for hydroxylation is 2. The molecule has 4 bridgehead atoms. The molecule has 0 fully saturated rings. The minimum absolute atomic E-state index is 0.00280. The highest BCUT2D eigenvalue weighted by molar-refractivity contribution is 5.82. The highest BCUT2D eigenvalue weighted by Crippen LogP contribution is 2.26. The number of anilines is 4. The maximum Gasteiger partial charge on any atom is 0.320 e. The summed E-state index contributed by atoms with van der Waals surface area (Å²) in [5, 5.41) is 76.7. The summed E-state index contributed by atoms with van der Waals surface area (Å²) < 4.78 is 16.7. The number of carboxylic acids is 6. The van der Waals surface area contributed by atoms with Crippen LogP contribution in [0.2, 0.25) is 0 Å². The van der Waals surface area contributed by atoms with Crippen LogP contribution in [-0.2, 0) is 106 Å². The predicted molar refractivity (Wildman–Crippen MR) is 426 cm³/mol. The summed E-state index contributed by atoms with van der Waals surface area (Å²) >= 11 is 0. The average Bonchev–Trinajstić information content (AvgIpc) is 0.783. The first-order valence-corrected chi connectivity index (χ1v) is 39.8. The SMILES string of the molecule is CCOc1c(NCCOCCOCCNc2nc(NCCCc3cc4nc(c3)CN(C(CCC(C)=O)C(=O)O)CCN(C(CCC(C)=O)C(=O)O)CCN(C(CCC(C)=O)C(=O)O)C4)nc(NCCCc3cc4nc(c3)CN(C(CCC(C)=O)C(=O)O)CCN(C(CCC(C)=O)C(=O)O)CCN(C(CCC(C)=O)C(=O)O)C4)n2)c(=O)c1=O. The molecule has 644 valence electrons. The molecule has 0 spiro atoms. The lowest BCUT2D eigenvalue weighted by Gasteiger charge is -2.37. The quantitative estimate of drug-likeness (QED) is 0.0224. The van der Waals surface area contributed by atoms with E-state index in [0.29, 0.717) is 48.5 Å². The van der Waals surface area contributed by atoms with Gasteiger partial charge >= 0.3 is 35.8 Å². The van der Waals surface area contributed by atoms with Crippen molar-refractivity contribution < 1.29 is 102 Å². The molecule has 117 heavy (non-hydrogen) atoms. The van der Waals surface area contributed by atoms with E-state index in [1.165, 1.54) is 41.5 Å². The van der Waals surface area contributed by atoms with Crippen LogP contribution in [0.15, 0.2) is 33.9 Å². The van der Waals surface area contributed by atoms with Gasteiger partial charge in [0.2, 0.25) is 17.8 Å². The van der Waals surface area contributed by atoms with E-state index >= 15 is 0 Å². The number of carbonyl (C=O) groups excluding carboxylic acids is 6. The number of ketones is 6. The number of carboxylic acid groups (broad SMARTS) is 6. The third-order valence-corrected chi connectivity index (χ3v) is 20.2. The van der Waals surface area contributed by atoms with Crippen LogP contribution in [0.5, 0.6) is 5.75 Å². The average molecular weight is 1640 g/mol. The number of ether oxygens (including phenoxy) is 3. The summed E-state index contributed by atoms with van der Waals surface area (Å²) in [6.45, 7) is 11.1. The van der Waals surface area contributed by atoms with Gasteiger partial charge in [-0.3, -0.25) is 77.7 Å². The molecule has 6 atom stereocenters. The van der Waals surface area contributed by atoms with Crippen molar-refractivity contribution in [3.05, 3.63) is 78.6 Å². The molecule has 2 aliphatic heterocycles. The Morgan fingerprint density at radius 3 is 0.880 bits per heavy atom. The Labute approximate surface area is 678 Å². The minimum Gasteiger partial charge on any atom is -0.488 e. The van der Waals surface area contributed by atoms with Crippen molar-refractivity contribution in [2.45, 2.75) is 214 Å². The third-order valence-electron chi connectivity index (χ3n) is 20.2. The Morgan fingerprint density at radius 2 is 0.615 bits per heavy atom. The van der Waals surface area contributed by atoms with Gasteiger partial charge in [0.05, 0.1) is 55.8 Å². The molecule has 5 heterocycles. The lowest BCUT2D eigenvalue weighted by Crippen LogP contribution is -2.52. The number of hydrogen-bond acceptors (Lipinski definition) is 32. The summed E-state index contributed by atoms with van der Waals surface area (Å²) in [7, 11) is 0. The van der Waals surface area contributed by atoms with E-state index in [9.17, 15) is 97.8 Å². The maximum atomic E-state index is 13.2. The van der Waals surface area contributed by atoms with Crippen molar-refractivity contribution in [2.75, 3.05) is 133 Å². The van der Waals surface area contributed by atoms with Crippen molar-refractivity contribution in [1.82, 2.24) is 54.3 Å². The highest BCUT2D eigenvalue weighted by Gasteiger charge is 2.37. The number of Topliss-reactive ketones (excluding diaryl/α,β-unsaturated/α-hetero) is 6. The van der Waals surface area contributed by atoms with Gasteiger partial charge in [0.15, 0.2) is 5.75 Å². The highest BCUT2D eigenvalue weighted by atomic mass is 16.5. The molecule has 0 radical (unpaired) electrons. The smallest absolute Gasteiger partial charge is 0.320 e. The zero-order valence-electron chi connectivity index (χ0n) is 68.0. The van der Waals surface area contributed by atoms with Gasteiger partial charge in [0, 0.05) is 143 Å². The van der Waals surface area contributed by atoms with Crippen LogP contribution < -0.4 is 36.9 Å². The molecule has 3 aromatic heterocycles. The Morgan fingerprint density at radius 1 is 0.359 bits per heavy atom. The van der Waals surface area contributed by atoms with Crippen molar-refractivity contribution in [1.29, 1.82) is 0 Å². The molecule has 2 aliphatic rings. The van der Waals surface area contributed by atoms with Gasteiger partial charge in [-0.15, -0.1) is 0 Å². The van der Waals surface area contributed by atoms with Gasteiger partial charge in [-0.2, -0.15) is 15.0 Å². The van der Waals surface area contributed by atoms with Crippen molar-refractivity contribution in [2.24, 2.45) is 0 Å². The van der Waals surface area contributed by atoms with Crippen molar-refractivity contribution in [3.8, 4) is 5.75 Å². The number of rotatable bonds is 53. The molecule has 4 aromatic rings. The van der Waals surface area contributed by atoms with E-state index in [-0.39, 0.29) is 279 Å². The van der Waals surface area contributed by atoms with Gasteiger partial charge in [0.1, 0.15) is 76.6 Å². The standard InChI is InChI=1S/C79H115N15O23/c1-8-117-70-67(68(101)69(70)102)80-27-37-115-39-40-116-38-28-83-79-87-77(81-25-9-11-55-41-57-45-91(63(73(107)108)21-15-51(4)97)33-29-89(61(71(103)104)19-13-49(2)95)30-34-92(46-58(42-55)84-57)64(74(109)110)22-16-52(5)98)86-78(88-79)82-26-10-12-56-43-59-47-93(65(75(111)112)23-17-53(6)99)35-31-90(62(72(105)106)20-14-50(3)96)32-36-94(48-60(44-56)85-59)66(76(113)114)24-18-54(7)100/h41-44,61-66,80H,8-40,45-48H2,1-7H3,(H,103,104)(H,105,106)(H,107,108)(H,109,110)(H,111,112)(H,113,114)(H3,81,82,83,86,87,88). The fourth-order valence-electron chi connectivity index (χ4n) is 14.2. The first-order valence-electron chi connectivity index (χ1n) is 39.8. The van der Waals surface area contributed by atoms with Crippen LogP contribution in [0.4, 0.5) is 23.5 Å². The predicted octanol–water partition coefficient (Wildman–Crippen LogP) is 3.08. The number of aliphatic carboxylic acids is 6. The molecule has 6 unspecified atom stereocenters. The molecule has 38 heteroatoms. The van der Waals surface area contributed by atoms with E-state index in [4.69, 9.17) is 29.2 Å². The summed E-state index contributed by atoms with van der Waals surface area (Å²) in [5.74, 6) is -8.36. The molecule has 0 saturated heterocycles. The van der Waals surface area contributed by atoms with Gasteiger partial charge in [-0.05, 0) is 148 Å². The van der Waals surface area contributed by atoms with Crippen molar-refractivity contribution in [3.63, 3.8) is 0 Å². The molecule has 1 aromatic carbocycles. The van der Waals surface area contributed by atoms with Crippen LogP contribution in [0.25, 0.3) is 0 Å². The number of aromatic nitrogens is 5. The molecule has 0 saturated carbocycles. The number of fused-ring (bicyclic) bond motifs is 4. The van der Waals surface area contributed by atoms with Gasteiger partial charge in [0.25, 0.3) is 10.9 Å². The van der Waals surface area contributed by atoms with Crippen LogP contribution in [0.1, 0.15) is 172 Å². The number of pyridine rings is 2. The molecular weight excluding hydrogens is 1530 g/mol. The monoisotopic (exact) mass is 1640 g/mol. The Hall–Kier alpha value is -10.1. The molecule has 6 rings (SSSR count). The summed E-state index contributed by atoms with van der Waals surface area (Å²) in [4.78, 5) is 210. The number of nitrogens with one attached hydrogen (secondary N) is 4.